The van der Waals surface area contributed by atoms with Gasteiger partial charge in [-0.1, -0.05) is 11.2 Å². The molecule has 2 N–H and O–H groups in total. The molecule has 6 heteroatoms. The number of hydrogen-bond donors (Lipinski definition) is 1. The monoisotopic (exact) mass is 253 g/mol. The van der Waals surface area contributed by atoms with Crippen LogP contribution in [0.25, 0.3) is 0 Å². The Morgan fingerprint density at radius 2 is 2.17 bits per heavy atom. The van der Waals surface area contributed by atoms with Gasteiger partial charge in [-0.05, 0) is 18.6 Å². The summed E-state index contributed by atoms with van der Waals surface area (Å²) in [5.41, 5.74) is 5.92. The van der Waals surface area contributed by atoms with Crippen molar-refractivity contribution in [2.75, 3.05) is 0 Å². The van der Waals surface area contributed by atoms with Crippen LogP contribution in [-0.4, -0.2) is 16.2 Å². The van der Waals surface area contributed by atoms with Gasteiger partial charge >= 0.3 is 0 Å². The number of hydrogen-bond acceptors (Lipinski definition) is 4. The van der Waals surface area contributed by atoms with E-state index in [2.05, 4.69) is 10.1 Å². The fraction of sp³-hybridized carbons (Fsp3) is 0.333. The van der Waals surface area contributed by atoms with Crippen molar-refractivity contribution in [3.63, 3.8) is 0 Å². The van der Waals surface area contributed by atoms with Gasteiger partial charge in [0.1, 0.15) is 11.6 Å². The highest BCUT2D eigenvalue weighted by molar-refractivity contribution is 5.21. The second kappa shape index (κ2) is 5.22. The molecule has 0 saturated carbocycles. The van der Waals surface area contributed by atoms with Gasteiger partial charge in [-0.15, -0.1) is 0 Å². The molecule has 1 atom stereocenters. The summed E-state index contributed by atoms with van der Waals surface area (Å²) in [5.74, 6) is -0.450. The number of halogens is 2. The molecular weight excluding hydrogens is 240 g/mol. The summed E-state index contributed by atoms with van der Waals surface area (Å²) in [6, 6.07) is 3.31. The van der Waals surface area contributed by atoms with E-state index in [9.17, 15) is 8.78 Å². The third-order valence-corrected chi connectivity index (χ3v) is 2.37. The average Bonchev–Trinajstić information content (AvgIpc) is 2.69. The van der Waals surface area contributed by atoms with Gasteiger partial charge in [-0.25, -0.2) is 8.78 Å². The Bertz CT molecular complexity index is 540. The van der Waals surface area contributed by atoms with Crippen LogP contribution in [0.15, 0.2) is 22.7 Å². The molecule has 0 spiro atoms. The number of nitrogens with two attached hydrogens (primary N) is 1. The summed E-state index contributed by atoms with van der Waals surface area (Å²) in [4.78, 5) is 4.09. The second-order valence-electron chi connectivity index (χ2n) is 4.20. The number of benzene rings is 1. The maximum Gasteiger partial charge on any atom is 0.228 e. The third kappa shape index (κ3) is 3.10. The highest BCUT2D eigenvalue weighted by Crippen LogP contribution is 2.13. The molecule has 1 aromatic heterocycles. The molecule has 0 bridgehead atoms. The van der Waals surface area contributed by atoms with Crippen molar-refractivity contribution in [3.05, 3.63) is 47.1 Å². The van der Waals surface area contributed by atoms with Gasteiger partial charge in [-0.2, -0.15) is 4.98 Å². The van der Waals surface area contributed by atoms with E-state index in [1.165, 1.54) is 12.1 Å². The molecule has 2 rings (SSSR count). The highest BCUT2D eigenvalue weighted by atomic mass is 19.1. The Balaban J connectivity index is 2.11. The Morgan fingerprint density at radius 3 is 2.83 bits per heavy atom. The van der Waals surface area contributed by atoms with E-state index in [0.717, 1.165) is 6.07 Å². The van der Waals surface area contributed by atoms with Gasteiger partial charge in [0.15, 0.2) is 5.82 Å². The summed E-state index contributed by atoms with van der Waals surface area (Å²) in [7, 11) is 0. The first-order valence-electron chi connectivity index (χ1n) is 5.55. The van der Waals surface area contributed by atoms with E-state index >= 15 is 0 Å². The van der Waals surface area contributed by atoms with Crippen LogP contribution in [0.4, 0.5) is 8.78 Å². The minimum Gasteiger partial charge on any atom is -0.339 e. The predicted molar refractivity (Wildman–Crippen MR) is 60.8 cm³/mol. The second-order valence-corrected chi connectivity index (χ2v) is 4.20. The molecule has 1 unspecified atom stereocenters. The molecular formula is C12H13F2N3O. The van der Waals surface area contributed by atoms with Gasteiger partial charge < -0.3 is 10.3 Å². The van der Waals surface area contributed by atoms with Crippen LogP contribution in [0.5, 0.6) is 0 Å². The molecule has 18 heavy (non-hydrogen) atoms. The molecule has 0 aliphatic rings. The predicted octanol–water partition coefficient (Wildman–Crippen LogP) is 1.83. The Labute approximate surface area is 103 Å². The van der Waals surface area contributed by atoms with Crippen LogP contribution in [-0.2, 0) is 12.8 Å². The molecule has 2 aromatic rings. The quantitative estimate of drug-likeness (QED) is 0.902. The van der Waals surface area contributed by atoms with Crippen LogP contribution >= 0.6 is 0 Å². The molecule has 0 radical (unpaired) electrons. The topological polar surface area (TPSA) is 64.9 Å². The van der Waals surface area contributed by atoms with Gasteiger partial charge in [0.2, 0.25) is 5.89 Å². The molecule has 1 heterocycles. The molecule has 4 nitrogen and oxygen atoms in total. The Morgan fingerprint density at radius 1 is 1.39 bits per heavy atom. The van der Waals surface area contributed by atoms with E-state index in [0.29, 0.717) is 23.7 Å². The average molecular weight is 253 g/mol. The van der Waals surface area contributed by atoms with Gasteiger partial charge in [0.05, 0.1) is 0 Å². The molecule has 1 aromatic carbocycles. The SMILES string of the molecule is CC(N)Cc1nc(Cc2ccc(F)cc2F)no1. The molecule has 0 aliphatic heterocycles. The van der Waals surface area contributed by atoms with Crippen molar-refractivity contribution in [2.45, 2.75) is 25.8 Å². The number of rotatable bonds is 4. The first-order chi connectivity index (χ1) is 8.54. The number of nitrogens with zero attached hydrogens (tertiary/aromatic N) is 2. The first-order valence-corrected chi connectivity index (χ1v) is 5.55. The standard InChI is InChI=1S/C12H13F2N3O/c1-7(15)4-12-16-11(17-18-12)5-8-2-3-9(13)6-10(8)14/h2-3,6-7H,4-5,15H2,1H3. The molecule has 0 aliphatic carbocycles. The maximum absolute atomic E-state index is 13.4. The van der Waals surface area contributed by atoms with E-state index in [1.807, 2.05) is 6.92 Å². The van der Waals surface area contributed by atoms with Crippen LogP contribution < -0.4 is 5.73 Å². The van der Waals surface area contributed by atoms with Crippen LogP contribution in [0.2, 0.25) is 0 Å². The first kappa shape index (κ1) is 12.6. The van der Waals surface area contributed by atoms with E-state index < -0.39 is 11.6 Å². The van der Waals surface area contributed by atoms with Gasteiger partial charge in [0.25, 0.3) is 0 Å². The molecule has 0 amide bonds. The van der Waals surface area contributed by atoms with E-state index in [1.54, 1.807) is 0 Å². The van der Waals surface area contributed by atoms with Crippen LogP contribution in [0, 0.1) is 11.6 Å². The normalized spacial score (nSPS) is 12.7. The lowest BCUT2D eigenvalue weighted by Crippen LogP contribution is -2.17. The van der Waals surface area contributed by atoms with Gasteiger partial charge in [-0.3, -0.25) is 0 Å². The summed E-state index contributed by atoms with van der Waals surface area (Å²) in [6.45, 7) is 1.82. The minimum atomic E-state index is -0.617. The fourth-order valence-corrected chi connectivity index (χ4v) is 1.56. The smallest absolute Gasteiger partial charge is 0.228 e. The van der Waals surface area contributed by atoms with Crippen molar-refractivity contribution < 1.29 is 13.3 Å². The summed E-state index contributed by atoms with van der Waals surface area (Å²) in [6.07, 6.45) is 0.632. The highest BCUT2D eigenvalue weighted by Gasteiger charge is 2.11. The third-order valence-electron chi connectivity index (χ3n) is 2.37. The lowest BCUT2D eigenvalue weighted by atomic mass is 10.1. The minimum absolute atomic E-state index is 0.0825. The maximum atomic E-state index is 13.4. The zero-order chi connectivity index (χ0) is 13.1. The summed E-state index contributed by atoms with van der Waals surface area (Å²) in [5, 5.41) is 3.73. The Hall–Kier alpha value is -1.82. The lowest BCUT2D eigenvalue weighted by molar-refractivity contribution is 0.367. The zero-order valence-electron chi connectivity index (χ0n) is 9.86. The number of aromatic nitrogens is 2. The van der Waals surface area contributed by atoms with E-state index in [-0.39, 0.29) is 12.5 Å². The van der Waals surface area contributed by atoms with Crippen molar-refractivity contribution >= 4 is 0 Å². The summed E-state index contributed by atoms with van der Waals surface area (Å²) >= 11 is 0. The van der Waals surface area contributed by atoms with E-state index in [4.69, 9.17) is 10.3 Å². The molecule has 0 fully saturated rings. The van der Waals surface area contributed by atoms with Gasteiger partial charge in [0, 0.05) is 24.9 Å². The van der Waals surface area contributed by atoms with Crippen LogP contribution in [0.3, 0.4) is 0 Å². The zero-order valence-corrected chi connectivity index (χ0v) is 9.86. The lowest BCUT2D eigenvalue weighted by Gasteiger charge is -1.99. The molecule has 96 valence electrons. The van der Waals surface area contributed by atoms with Crippen molar-refractivity contribution in [2.24, 2.45) is 5.73 Å². The fourth-order valence-electron chi connectivity index (χ4n) is 1.56. The summed E-state index contributed by atoms with van der Waals surface area (Å²) < 4.78 is 31.1. The Kier molecular flexibility index (Phi) is 3.66. The van der Waals surface area contributed by atoms with Crippen molar-refractivity contribution in [3.8, 4) is 0 Å². The van der Waals surface area contributed by atoms with Crippen LogP contribution in [0.1, 0.15) is 24.2 Å². The van der Waals surface area contributed by atoms with Crippen molar-refractivity contribution in [1.29, 1.82) is 0 Å². The molecule has 0 saturated heterocycles. The van der Waals surface area contributed by atoms with Crippen molar-refractivity contribution in [1.82, 2.24) is 10.1 Å². The largest absolute Gasteiger partial charge is 0.339 e.